The summed E-state index contributed by atoms with van der Waals surface area (Å²) >= 11 is 3.49. The predicted octanol–water partition coefficient (Wildman–Crippen LogP) is 3.69. The molecule has 0 aliphatic heterocycles. The quantitative estimate of drug-likeness (QED) is 0.720. The highest BCUT2D eigenvalue weighted by atomic mass is 79.9. The van der Waals surface area contributed by atoms with Gasteiger partial charge in [0, 0.05) is 10.9 Å². The van der Waals surface area contributed by atoms with Crippen molar-refractivity contribution < 1.29 is 0 Å². The second-order valence-corrected chi connectivity index (χ2v) is 5.26. The lowest BCUT2D eigenvalue weighted by molar-refractivity contribution is 0.408. The van der Waals surface area contributed by atoms with E-state index >= 15 is 0 Å². The summed E-state index contributed by atoms with van der Waals surface area (Å²) in [6, 6.07) is 6.32. The maximum absolute atomic E-state index is 4.49. The van der Waals surface area contributed by atoms with Crippen LogP contribution in [0.2, 0.25) is 0 Å². The molecule has 0 aliphatic carbocycles. The molecule has 2 aromatic rings. The predicted molar refractivity (Wildman–Crippen MR) is 67.4 cm³/mol. The molecule has 0 spiro atoms. The van der Waals surface area contributed by atoms with Crippen molar-refractivity contribution in [2.75, 3.05) is 0 Å². The molecule has 0 bridgehead atoms. The SMILES string of the molecule is CC(C)(C)n1cnc2c(CBr)cccc21. The lowest BCUT2D eigenvalue weighted by Crippen LogP contribution is -2.20. The van der Waals surface area contributed by atoms with Gasteiger partial charge in [0.2, 0.25) is 0 Å². The number of alkyl halides is 1. The topological polar surface area (TPSA) is 17.8 Å². The van der Waals surface area contributed by atoms with E-state index in [1.807, 2.05) is 6.33 Å². The van der Waals surface area contributed by atoms with Crippen molar-refractivity contribution in [2.45, 2.75) is 31.6 Å². The molecule has 15 heavy (non-hydrogen) atoms. The third-order valence-corrected chi connectivity index (χ3v) is 3.13. The fourth-order valence-corrected chi connectivity index (χ4v) is 2.19. The first-order chi connectivity index (χ1) is 7.04. The summed E-state index contributed by atoms with van der Waals surface area (Å²) in [5.74, 6) is 0. The second kappa shape index (κ2) is 3.63. The maximum Gasteiger partial charge on any atom is 0.0963 e. The van der Waals surface area contributed by atoms with Crippen LogP contribution < -0.4 is 0 Å². The molecular weight excluding hydrogens is 252 g/mol. The van der Waals surface area contributed by atoms with Crippen LogP contribution in [0.5, 0.6) is 0 Å². The van der Waals surface area contributed by atoms with E-state index in [0.717, 1.165) is 10.8 Å². The monoisotopic (exact) mass is 266 g/mol. The molecule has 0 saturated carbocycles. The number of benzene rings is 1. The van der Waals surface area contributed by atoms with Crippen molar-refractivity contribution in [3.63, 3.8) is 0 Å². The molecule has 0 radical (unpaired) electrons. The van der Waals surface area contributed by atoms with E-state index in [1.54, 1.807) is 0 Å². The van der Waals surface area contributed by atoms with Crippen LogP contribution in [0.3, 0.4) is 0 Å². The molecule has 0 atom stereocenters. The van der Waals surface area contributed by atoms with Crippen molar-refractivity contribution in [1.82, 2.24) is 9.55 Å². The lowest BCUT2D eigenvalue weighted by Gasteiger charge is -2.21. The van der Waals surface area contributed by atoms with Gasteiger partial charge in [-0.1, -0.05) is 28.1 Å². The molecule has 0 fully saturated rings. The summed E-state index contributed by atoms with van der Waals surface area (Å²) in [5, 5.41) is 0.853. The molecule has 0 aliphatic rings. The Hall–Kier alpha value is -0.830. The molecule has 2 rings (SSSR count). The smallest absolute Gasteiger partial charge is 0.0963 e. The Morgan fingerprint density at radius 1 is 1.33 bits per heavy atom. The Morgan fingerprint density at radius 3 is 2.67 bits per heavy atom. The number of nitrogens with zero attached hydrogens (tertiary/aromatic N) is 2. The molecular formula is C12H15BrN2. The summed E-state index contributed by atoms with van der Waals surface area (Å²) in [6.07, 6.45) is 1.93. The molecule has 3 heteroatoms. The highest BCUT2D eigenvalue weighted by molar-refractivity contribution is 9.08. The maximum atomic E-state index is 4.49. The molecule has 0 unspecified atom stereocenters. The Labute approximate surface area is 98.4 Å². The van der Waals surface area contributed by atoms with Crippen LogP contribution in [-0.4, -0.2) is 9.55 Å². The van der Waals surface area contributed by atoms with Crippen molar-refractivity contribution in [3.05, 3.63) is 30.1 Å². The third kappa shape index (κ3) is 1.81. The van der Waals surface area contributed by atoms with Crippen molar-refractivity contribution in [1.29, 1.82) is 0 Å². The van der Waals surface area contributed by atoms with E-state index in [-0.39, 0.29) is 5.54 Å². The van der Waals surface area contributed by atoms with E-state index in [9.17, 15) is 0 Å². The molecule has 0 amide bonds. The van der Waals surface area contributed by atoms with Gasteiger partial charge in [0.1, 0.15) is 0 Å². The number of aromatic nitrogens is 2. The highest BCUT2D eigenvalue weighted by Gasteiger charge is 2.16. The minimum Gasteiger partial charge on any atom is -0.325 e. The number of halogens is 1. The fraction of sp³-hybridized carbons (Fsp3) is 0.417. The van der Waals surface area contributed by atoms with Gasteiger partial charge in [-0.3, -0.25) is 0 Å². The molecule has 2 nitrogen and oxygen atoms in total. The summed E-state index contributed by atoms with van der Waals surface area (Å²) < 4.78 is 2.22. The zero-order valence-electron chi connectivity index (χ0n) is 9.29. The highest BCUT2D eigenvalue weighted by Crippen LogP contribution is 2.24. The molecule has 0 N–H and O–H groups in total. The van der Waals surface area contributed by atoms with Gasteiger partial charge in [-0.2, -0.15) is 0 Å². The van der Waals surface area contributed by atoms with E-state index in [4.69, 9.17) is 0 Å². The first-order valence-corrected chi connectivity index (χ1v) is 6.17. The number of rotatable bonds is 1. The largest absolute Gasteiger partial charge is 0.325 e. The van der Waals surface area contributed by atoms with Gasteiger partial charge in [-0.05, 0) is 32.4 Å². The normalized spacial score (nSPS) is 12.3. The summed E-state index contributed by atoms with van der Waals surface area (Å²) in [6.45, 7) is 6.57. The van der Waals surface area contributed by atoms with Crippen LogP contribution in [-0.2, 0) is 10.9 Å². The Kier molecular flexibility index (Phi) is 2.59. The summed E-state index contributed by atoms with van der Waals surface area (Å²) in [7, 11) is 0. The summed E-state index contributed by atoms with van der Waals surface area (Å²) in [4.78, 5) is 4.49. The minimum atomic E-state index is 0.0830. The van der Waals surface area contributed by atoms with E-state index in [1.165, 1.54) is 11.1 Å². The van der Waals surface area contributed by atoms with E-state index < -0.39 is 0 Å². The van der Waals surface area contributed by atoms with Crippen LogP contribution >= 0.6 is 15.9 Å². The number of hydrogen-bond acceptors (Lipinski definition) is 1. The molecule has 1 aromatic carbocycles. The second-order valence-electron chi connectivity index (χ2n) is 4.70. The van der Waals surface area contributed by atoms with Crippen LogP contribution in [0.4, 0.5) is 0 Å². The average molecular weight is 267 g/mol. The number of hydrogen-bond donors (Lipinski definition) is 0. The number of para-hydroxylation sites is 1. The van der Waals surface area contributed by atoms with Gasteiger partial charge in [0.15, 0.2) is 0 Å². The number of fused-ring (bicyclic) bond motifs is 1. The average Bonchev–Trinajstić information content (AvgIpc) is 2.59. The van der Waals surface area contributed by atoms with Gasteiger partial charge in [-0.15, -0.1) is 0 Å². The van der Waals surface area contributed by atoms with Gasteiger partial charge in [0.25, 0.3) is 0 Å². The fourth-order valence-electron chi connectivity index (χ4n) is 1.74. The van der Waals surface area contributed by atoms with E-state index in [2.05, 4.69) is 64.5 Å². The van der Waals surface area contributed by atoms with Gasteiger partial charge >= 0.3 is 0 Å². The first-order valence-electron chi connectivity index (χ1n) is 5.05. The molecule has 80 valence electrons. The Bertz CT molecular complexity index is 480. The third-order valence-electron chi connectivity index (χ3n) is 2.53. The number of imidazole rings is 1. The molecule has 0 saturated heterocycles. The van der Waals surface area contributed by atoms with E-state index in [0.29, 0.717) is 0 Å². The van der Waals surface area contributed by atoms with Crippen LogP contribution in [0.1, 0.15) is 26.3 Å². The van der Waals surface area contributed by atoms with Crippen molar-refractivity contribution in [2.24, 2.45) is 0 Å². The minimum absolute atomic E-state index is 0.0830. The molecule has 1 heterocycles. The van der Waals surface area contributed by atoms with Crippen molar-refractivity contribution in [3.8, 4) is 0 Å². The zero-order valence-corrected chi connectivity index (χ0v) is 10.9. The van der Waals surface area contributed by atoms with Gasteiger partial charge in [-0.25, -0.2) is 4.98 Å². The lowest BCUT2D eigenvalue weighted by atomic mass is 10.1. The van der Waals surface area contributed by atoms with Crippen LogP contribution in [0.15, 0.2) is 24.5 Å². The Morgan fingerprint density at radius 2 is 2.07 bits per heavy atom. The first kappa shape index (κ1) is 10.7. The van der Waals surface area contributed by atoms with Gasteiger partial charge in [0.05, 0.1) is 17.4 Å². The zero-order chi connectivity index (χ0) is 11.1. The Balaban J connectivity index is 2.72. The standard InChI is InChI=1S/C12H15BrN2/c1-12(2,3)15-8-14-11-9(7-13)5-4-6-10(11)15/h4-6,8H,7H2,1-3H3. The summed E-state index contributed by atoms with van der Waals surface area (Å²) in [5.41, 5.74) is 3.64. The van der Waals surface area contributed by atoms with Crippen LogP contribution in [0.25, 0.3) is 11.0 Å². The van der Waals surface area contributed by atoms with Gasteiger partial charge < -0.3 is 4.57 Å². The molecule has 1 aromatic heterocycles. The van der Waals surface area contributed by atoms with Crippen LogP contribution in [0, 0.1) is 0 Å². The van der Waals surface area contributed by atoms with Crippen molar-refractivity contribution >= 4 is 27.0 Å².